The first kappa shape index (κ1) is 19.3. The number of hydrogen-bond acceptors (Lipinski definition) is 6. The molecule has 0 aliphatic rings. The summed E-state index contributed by atoms with van der Waals surface area (Å²) in [6.45, 7) is 1.88. The van der Waals surface area contributed by atoms with E-state index in [0.29, 0.717) is 28.6 Å². The molecule has 0 aliphatic heterocycles. The zero-order valence-corrected chi connectivity index (χ0v) is 16.3. The Labute approximate surface area is 171 Å². The Morgan fingerprint density at radius 2 is 1.93 bits per heavy atom. The number of imidazole rings is 1. The van der Waals surface area contributed by atoms with Crippen molar-refractivity contribution in [2.24, 2.45) is 7.05 Å². The molecule has 2 aromatic heterocycles. The van der Waals surface area contributed by atoms with Crippen LogP contribution in [-0.4, -0.2) is 25.8 Å². The quantitative estimate of drug-likeness (QED) is 0.523. The molecule has 2 heterocycles. The lowest BCUT2D eigenvalue weighted by molar-refractivity contribution is 0.102. The maximum Gasteiger partial charge on any atom is 0.261 e. The Morgan fingerprint density at radius 1 is 1.17 bits per heavy atom. The number of para-hydroxylation sites is 1. The summed E-state index contributed by atoms with van der Waals surface area (Å²) in [5.41, 5.74) is 3.05. The fourth-order valence-electron chi connectivity index (χ4n) is 2.89. The first-order valence-corrected chi connectivity index (χ1v) is 9.12. The number of nitrogens with zero attached hydrogens (tertiary/aromatic N) is 4. The second-order valence-corrected chi connectivity index (χ2v) is 6.57. The van der Waals surface area contributed by atoms with Crippen molar-refractivity contribution >= 4 is 11.9 Å². The van der Waals surface area contributed by atoms with Gasteiger partial charge in [-0.1, -0.05) is 22.4 Å². The van der Waals surface area contributed by atoms with Crippen LogP contribution in [0.4, 0.5) is 10.3 Å². The zero-order valence-electron chi connectivity index (χ0n) is 16.3. The number of halogens is 1. The molecule has 1 N–H and O–H groups in total. The average molecular weight is 407 g/mol. The van der Waals surface area contributed by atoms with Gasteiger partial charge in [0.2, 0.25) is 5.95 Å². The molecule has 0 saturated heterocycles. The summed E-state index contributed by atoms with van der Waals surface area (Å²) < 4.78 is 25.3. The summed E-state index contributed by atoms with van der Waals surface area (Å²) in [4.78, 5) is 17.1. The van der Waals surface area contributed by atoms with Crippen LogP contribution in [0.5, 0.6) is 5.75 Å². The van der Waals surface area contributed by atoms with Gasteiger partial charge in [-0.3, -0.25) is 10.1 Å². The highest BCUT2D eigenvalue weighted by Crippen LogP contribution is 2.24. The van der Waals surface area contributed by atoms with E-state index in [0.717, 1.165) is 11.3 Å². The normalized spacial score (nSPS) is 10.8. The number of anilines is 1. The lowest BCUT2D eigenvalue weighted by atomic mass is 10.1. The van der Waals surface area contributed by atoms with Crippen molar-refractivity contribution in [3.8, 4) is 17.0 Å². The van der Waals surface area contributed by atoms with Crippen LogP contribution in [-0.2, 0) is 13.7 Å². The van der Waals surface area contributed by atoms with Crippen LogP contribution in [0.3, 0.4) is 0 Å². The van der Waals surface area contributed by atoms with Crippen molar-refractivity contribution in [2.75, 3.05) is 5.32 Å². The predicted molar refractivity (Wildman–Crippen MR) is 106 cm³/mol. The van der Waals surface area contributed by atoms with Crippen molar-refractivity contribution in [1.29, 1.82) is 0 Å². The Morgan fingerprint density at radius 3 is 2.67 bits per heavy atom. The van der Waals surface area contributed by atoms with E-state index >= 15 is 0 Å². The minimum atomic E-state index is -0.375. The highest BCUT2D eigenvalue weighted by molar-refractivity contribution is 6.05. The minimum absolute atomic E-state index is 0.122. The Hall–Kier alpha value is -4.01. The molecule has 0 atom stereocenters. The van der Waals surface area contributed by atoms with Crippen LogP contribution in [0.25, 0.3) is 11.3 Å². The number of aryl methyl sites for hydroxylation is 1. The van der Waals surface area contributed by atoms with E-state index in [1.54, 1.807) is 61.1 Å². The summed E-state index contributed by atoms with van der Waals surface area (Å²) in [7, 11) is 1.77. The van der Waals surface area contributed by atoms with Crippen molar-refractivity contribution < 1.29 is 18.6 Å². The number of rotatable bonds is 6. The Balaban J connectivity index is 1.52. The molecule has 0 fully saturated rings. The van der Waals surface area contributed by atoms with Crippen LogP contribution in [0.2, 0.25) is 0 Å². The van der Waals surface area contributed by atoms with E-state index < -0.39 is 0 Å². The summed E-state index contributed by atoms with van der Waals surface area (Å²) in [6.07, 6.45) is 1.62. The fraction of sp³-hybridized carbons (Fsp3) is 0.143. The predicted octanol–water partition coefficient (Wildman–Crippen LogP) is 3.75. The molecule has 2 aromatic carbocycles. The van der Waals surface area contributed by atoms with E-state index in [2.05, 4.69) is 25.2 Å². The van der Waals surface area contributed by atoms with Crippen LogP contribution in [0, 0.1) is 12.7 Å². The van der Waals surface area contributed by atoms with Gasteiger partial charge in [0.05, 0.1) is 17.5 Å². The van der Waals surface area contributed by atoms with Gasteiger partial charge in [-0.25, -0.2) is 14.0 Å². The van der Waals surface area contributed by atoms with Crippen molar-refractivity contribution in [1.82, 2.24) is 19.9 Å². The molecule has 8 nitrogen and oxygen atoms in total. The largest absolute Gasteiger partial charge is 0.486 e. The summed E-state index contributed by atoms with van der Waals surface area (Å²) >= 11 is 0. The van der Waals surface area contributed by atoms with Crippen molar-refractivity contribution in [3.63, 3.8) is 0 Å². The van der Waals surface area contributed by atoms with E-state index in [1.165, 1.54) is 12.1 Å². The Bertz CT molecular complexity index is 1180. The number of hydrogen-bond donors (Lipinski definition) is 1. The lowest BCUT2D eigenvalue weighted by Gasteiger charge is -2.11. The van der Waals surface area contributed by atoms with Crippen LogP contribution < -0.4 is 10.1 Å². The molecule has 30 heavy (non-hydrogen) atoms. The van der Waals surface area contributed by atoms with E-state index in [9.17, 15) is 9.18 Å². The highest BCUT2D eigenvalue weighted by atomic mass is 19.1. The molecule has 0 unspecified atom stereocenters. The molecular weight excluding hydrogens is 389 g/mol. The number of ether oxygens (including phenoxy) is 1. The van der Waals surface area contributed by atoms with E-state index in [4.69, 9.17) is 4.74 Å². The summed E-state index contributed by atoms with van der Waals surface area (Å²) in [5, 5.41) is 10.3. The minimum Gasteiger partial charge on any atom is -0.486 e. The van der Waals surface area contributed by atoms with Gasteiger partial charge in [0, 0.05) is 12.6 Å². The first-order chi connectivity index (χ1) is 14.5. The lowest BCUT2D eigenvalue weighted by Crippen LogP contribution is -2.16. The molecular formula is C21H18FN5O3. The van der Waals surface area contributed by atoms with Crippen LogP contribution >= 0.6 is 0 Å². The number of benzene rings is 2. The van der Waals surface area contributed by atoms with Gasteiger partial charge in [0.15, 0.2) is 0 Å². The molecule has 0 spiro atoms. The fourth-order valence-corrected chi connectivity index (χ4v) is 2.89. The zero-order chi connectivity index (χ0) is 21.1. The number of nitrogens with one attached hydrogen (secondary N) is 1. The van der Waals surface area contributed by atoms with Crippen LogP contribution in [0.1, 0.15) is 21.7 Å². The van der Waals surface area contributed by atoms with Gasteiger partial charge in [-0.05, 0) is 43.3 Å². The maximum atomic E-state index is 13.2. The topological polar surface area (TPSA) is 95.1 Å². The Kier molecular flexibility index (Phi) is 5.25. The van der Waals surface area contributed by atoms with E-state index in [1.807, 2.05) is 0 Å². The number of amides is 1. The molecule has 0 radical (unpaired) electrons. The van der Waals surface area contributed by atoms with Gasteiger partial charge in [0.25, 0.3) is 5.91 Å². The second kappa shape index (κ2) is 8.16. The third-order valence-electron chi connectivity index (χ3n) is 4.60. The first-order valence-electron chi connectivity index (χ1n) is 9.12. The average Bonchev–Trinajstić information content (AvgIpc) is 3.33. The second-order valence-electron chi connectivity index (χ2n) is 6.57. The molecule has 4 rings (SSSR count). The molecule has 0 saturated carbocycles. The summed E-state index contributed by atoms with van der Waals surface area (Å²) in [6, 6.07) is 12.9. The van der Waals surface area contributed by atoms with E-state index in [-0.39, 0.29) is 18.3 Å². The summed E-state index contributed by atoms with van der Waals surface area (Å²) in [5.74, 6) is 0.0543. The maximum absolute atomic E-state index is 13.2. The monoisotopic (exact) mass is 407 g/mol. The van der Waals surface area contributed by atoms with Gasteiger partial charge in [-0.2, -0.15) is 0 Å². The molecule has 152 valence electrons. The standard InChI is InChI=1S/C21H18FN5O3/c1-13-17(26-30-25-13)12-29-19-6-4-3-5-16(19)20(28)24-21-23-11-18(27(21)2)14-7-9-15(22)10-8-14/h3-11H,12H2,1-2H3,(H,23,24,28). The van der Waals surface area contributed by atoms with Crippen molar-refractivity contribution in [3.05, 3.63) is 77.5 Å². The van der Waals surface area contributed by atoms with Crippen LogP contribution in [0.15, 0.2) is 59.4 Å². The molecule has 1 amide bonds. The SMILES string of the molecule is Cc1nonc1COc1ccccc1C(=O)Nc1ncc(-c2ccc(F)cc2)n1C. The van der Waals surface area contributed by atoms with Gasteiger partial charge in [0.1, 0.15) is 29.6 Å². The smallest absolute Gasteiger partial charge is 0.261 e. The molecule has 0 bridgehead atoms. The van der Waals surface area contributed by atoms with Crippen molar-refractivity contribution in [2.45, 2.75) is 13.5 Å². The molecule has 0 aliphatic carbocycles. The van der Waals surface area contributed by atoms with Gasteiger partial charge >= 0.3 is 0 Å². The molecule has 9 heteroatoms. The highest BCUT2D eigenvalue weighted by Gasteiger charge is 2.17. The number of carbonyl (C=O) groups is 1. The van der Waals surface area contributed by atoms with Gasteiger partial charge < -0.3 is 9.30 Å². The molecule has 4 aromatic rings. The van der Waals surface area contributed by atoms with Gasteiger partial charge in [-0.15, -0.1) is 0 Å². The number of aromatic nitrogens is 4. The third kappa shape index (κ3) is 3.90. The third-order valence-corrected chi connectivity index (χ3v) is 4.60. The number of carbonyl (C=O) groups excluding carboxylic acids is 1.